The minimum atomic E-state index is -0.357. The number of hydrogen-bond donors (Lipinski definition) is 1. The molecule has 0 amide bonds. The van der Waals surface area contributed by atoms with E-state index in [9.17, 15) is 4.79 Å². The number of rotatable bonds is 9. The van der Waals surface area contributed by atoms with Gasteiger partial charge in [0, 0.05) is 0 Å². The fourth-order valence-corrected chi connectivity index (χ4v) is 1.67. The number of carbonyl (C=O) groups excluding carboxylic acids is 1. The molecule has 0 atom stereocenters. The van der Waals surface area contributed by atoms with Crippen molar-refractivity contribution in [1.29, 1.82) is 0 Å². The van der Waals surface area contributed by atoms with Crippen LogP contribution in [0.4, 0.5) is 0 Å². The van der Waals surface area contributed by atoms with Crippen molar-refractivity contribution in [3.8, 4) is 0 Å². The predicted octanol–water partition coefficient (Wildman–Crippen LogP) is 3.91. The fraction of sp³-hybridized carbons (Fsp3) is 0.588. The highest BCUT2D eigenvalue weighted by atomic mass is 16.5. The van der Waals surface area contributed by atoms with Crippen LogP contribution in [0.5, 0.6) is 0 Å². The molecule has 3 nitrogen and oxygen atoms in total. The molecule has 0 aliphatic rings. The summed E-state index contributed by atoms with van der Waals surface area (Å²) in [6.07, 6.45) is 10.8. The third-order valence-electron chi connectivity index (χ3n) is 2.97. The van der Waals surface area contributed by atoms with E-state index in [1.54, 1.807) is 0 Å². The van der Waals surface area contributed by atoms with Crippen molar-refractivity contribution in [2.75, 3.05) is 13.2 Å². The highest BCUT2D eigenvalue weighted by molar-refractivity contribution is 5.71. The molecule has 0 aromatic rings. The summed E-state index contributed by atoms with van der Waals surface area (Å²) >= 11 is 0. The van der Waals surface area contributed by atoms with Gasteiger partial charge in [0.15, 0.2) is 0 Å². The van der Waals surface area contributed by atoms with Gasteiger partial charge in [-0.3, -0.25) is 4.79 Å². The first-order valence-electron chi connectivity index (χ1n) is 7.26. The second-order valence-electron chi connectivity index (χ2n) is 5.35. The maximum absolute atomic E-state index is 10.9. The van der Waals surface area contributed by atoms with Gasteiger partial charge >= 0.3 is 5.97 Å². The van der Waals surface area contributed by atoms with E-state index in [2.05, 4.69) is 39.8 Å². The molecule has 0 saturated heterocycles. The molecule has 0 bridgehead atoms. The lowest BCUT2D eigenvalue weighted by Gasteiger charge is -2.02. The molecular formula is C17H29NO2. The maximum Gasteiger partial charge on any atom is 0.320 e. The quantitative estimate of drug-likeness (QED) is 0.514. The van der Waals surface area contributed by atoms with Gasteiger partial charge in [-0.25, -0.2) is 0 Å². The molecule has 2 N–H and O–H groups in total. The largest absolute Gasteiger partial charge is 0.461 e. The SMILES string of the molecule is CC(C)=CCC/C(C)=C/CC/C(C)=C\COC(=O)CN. The summed E-state index contributed by atoms with van der Waals surface area (Å²) in [6, 6.07) is 0. The smallest absolute Gasteiger partial charge is 0.320 e. The van der Waals surface area contributed by atoms with E-state index < -0.39 is 0 Å². The van der Waals surface area contributed by atoms with Crippen LogP contribution >= 0.6 is 0 Å². The van der Waals surface area contributed by atoms with E-state index >= 15 is 0 Å². The lowest BCUT2D eigenvalue weighted by atomic mass is 10.1. The topological polar surface area (TPSA) is 52.3 Å². The Balaban J connectivity index is 3.88. The van der Waals surface area contributed by atoms with E-state index in [1.165, 1.54) is 16.7 Å². The summed E-state index contributed by atoms with van der Waals surface area (Å²) < 4.78 is 4.90. The number of esters is 1. The number of ether oxygens (including phenoxy) is 1. The molecule has 114 valence electrons. The zero-order valence-electron chi connectivity index (χ0n) is 13.4. The molecular weight excluding hydrogens is 250 g/mol. The summed E-state index contributed by atoms with van der Waals surface area (Å²) in [7, 11) is 0. The Bertz CT molecular complexity index is 374. The van der Waals surface area contributed by atoms with Crippen molar-refractivity contribution in [2.24, 2.45) is 5.73 Å². The van der Waals surface area contributed by atoms with Gasteiger partial charge in [0.2, 0.25) is 0 Å². The van der Waals surface area contributed by atoms with Gasteiger partial charge in [-0.2, -0.15) is 0 Å². The predicted molar refractivity (Wildman–Crippen MR) is 85.4 cm³/mol. The molecule has 0 aromatic carbocycles. The van der Waals surface area contributed by atoms with Crippen LogP contribution in [-0.4, -0.2) is 19.1 Å². The van der Waals surface area contributed by atoms with Crippen LogP contribution in [0.25, 0.3) is 0 Å². The van der Waals surface area contributed by atoms with Gasteiger partial charge in [-0.1, -0.05) is 28.9 Å². The van der Waals surface area contributed by atoms with Gasteiger partial charge in [0.05, 0.1) is 6.54 Å². The van der Waals surface area contributed by atoms with E-state index in [4.69, 9.17) is 10.5 Å². The van der Waals surface area contributed by atoms with E-state index in [1.807, 2.05) is 6.08 Å². The Kier molecular flexibility index (Phi) is 10.7. The normalized spacial score (nSPS) is 12.2. The highest BCUT2D eigenvalue weighted by Gasteiger charge is 1.96. The lowest BCUT2D eigenvalue weighted by molar-refractivity contribution is -0.140. The van der Waals surface area contributed by atoms with E-state index in [-0.39, 0.29) is 12.5 Å². The zero-order chi connectivity index (χ0) is 15.4. The molecule has 0 aliphatic carbocycles. The molecule has 0 radical (unpaired) electrons. The van der Waals surface area contributed by atoms with Crippen molar-refractivity contribution in [3.63, 3.8) is 0 Å². The summed E-state index contributed by atoms with van der Waals surface area (Å²) in [4.78, 5) is 10.9. The van der Waals surface area contributed by atoms with Gasteiger partial charge in [-0.15, -0.1) is 0 Å². The molecule has 0 aromatic heterocycles. The van der Waals surface area contributed by atoms with Crippen LogP contribution in [0, 0.1) is 0 Å². The number of nitrogens with two attached hydrogens (primary N) is 1. The summed E-state index contributed by atoms with van der Waals surface area (Å²) in [5, 5.41) is 0. The third-order valence-corrected chi connectivity index (χ3v) is 2.97. The van der Waals surface area contributed by atoms with Crippen molar-refractivity contribution in [3.05, 3.63) is 34.9 Å². The first kappa shape index (κ1) is 18.7. The number of allylic oxidation sites excluding steroid dienone is 5. The Labute approximate surface area is 123 Å². The van der Waals surface area contributed by atoms with E-state index in [0.717, 1.165) is 25.7 Å². The van der Waals surface area contributed by atoms with Crippen LogP contribution < -0.4 is 5.73 Å². The van der Waals surface area contributed by atoms with Crippen LogP contribution in [0.2, 0.25) is 0 Å². The third kappa shape index (κ3) is 11.7. The van der Waals surface area contributed by atoms with Crippen molar-refractivity contribution < 1.29 is 9.53 Å². The maximum atomic E-state index is 10.9. The Morgan fingerprint density at radius 1 is 0.950 bits per heavy atom. The van der Waals surface area contributed by atoms with Crippen molar-refractivity contribution >= 4 is 5.97 Å². The minimum Gasteiger partial charge on any atom is -0.461 e. The first-order valence-corrected chi connectivity index (χ1v) is 7.26. The molecule has 0 rings (SSSR count). The zero-order valence-corrected chi connectivity index (χ0v) is 13.4. The summed E-state index contributed by atoms with van der Waals surface area (Å²) in [6.45, 7) is 8.77. The minimum absolute atomic E-state index is 0.0551. The number of carbonyl (C=O) groups is 1. The molecule has 0 spiro atoms. The summed E-state index contributed by atoms with van der Waals surface area (Å²) in [5.74, 6) is -0.357. The van der Waals surface area contributed by atoms with Crippen LogP contribution in [0.3, 0.4) is 0 Å². The lowest BCUT2D eigenvalue weighted by Crippen LogP contribution is -2.16. The molecule has 0 saturated carbocycles. The molecule has 0 fully saturated rings. The Morgan fingerprint density at radius 2 is 1.50 bits per heavy atom. The Morgan fingerprint density at radius 3 is 2.05 bits per heavy atom. The summed E-state index contributed by atoms with van der Waals surface area (Å²) in [5.41, 5.74) is 9.21. The van der Waals surface area contributed by atoms with Crippen LogP contribution in [-0.2, 0) is 9.53 Å². The molecule has 3 heteroatoms. The molecule has 20 heavy (non-hydrogen) atoms. The fourth-order valence-electron chi connectivity index (χ4n) is 1.67. The van der Waals surface area contributed by atoms with Crippen LogP contribution in [0.15, 0.2) is 34.9 Å². The standard InChI is InChI=1S/C17H29NO2/c1-14(2)7-5-8-15(3)9-6-10-16(4)11-12-20-17(19)13-18/h7,9,11H,5-6,8,10,12-13,18H2,1-4H3/b15-9+,16-11-. The van der Waals surface area contributed by atoms with Gasteiger partial charge in [0.1, 0.15) is 6.61 Å². The average molecular weight is 279 g/mol. The Hall–Kier alpha value is -1.35. The second-order valence-corrected chi connectivity index (χ2v) is 5.35. The second kappa shape index (κ2) is 11.5. The van der Waals surface area contributed by atoms with Gasteiger partial charge in [0.25, 0.3) is 0 Å². The molecule has 0 heterocycles. The highest BCUT2D eigenvalue weighted by Crippen LogP contribution is 2.11. The van der Waals surface area contributed by atoms with Crippen molar-refractivity contribution in [2.45, 2.75) is 53.4 Å². The molecule has 0 unspecified atom stereocenters. The average Bonchev–Trinajstić information content (AvgIpc) is 2.38. The van der Waals surface area contributed by atoms with Gasteiger partial charge in [-0.05, 0) is 59.5 Å². The number of hydrogen-bond acceptors (Lipinski definition) is 3. The first-order chi connectivity index (χ1) is 9.45. The van der Waals surface area contributed by atoms with Crippen LogP contribution in [0.1, 0.15) is 53.4 Å². The van der Waals surface area contributed by atoms with Crippen molar-refractivity contribution in [1.82, 2.24) is 0 Å². The monoisotopic (exact) mass is 279 g/mol. The molecule has 0 aliphatic heterocycles. The van der Waals surface area contributed by atoms with Gasteiger partial charge < -0.3 is 10.5 Å². The van der Waals surface area contributed by atoms with E-state index in [0.29, 0.717) is 6.61 Å².